The lowest BCUT2D eigenvalue weighted by Gasteiger charge is -2.17. The van der Waals surface area contributed by atoms with E-state index in [2.05, 4.69) is 29.6 Å². The summed E-state index contributed by atoms with van der Waals surface area (Å²) in [5, 5.41) is 3.39. The van der Waals surface area contributed by atoms with E-state index in [0.717, 1.165) is 0 Å². The fourth-order valence-electron chi connectivity index (χ4n) is 1.94. The molecular weight excluding hydrogens is 160 g/mol. The molecule has 0 aliphatic heterocycles. The highest BCUT2D eigenvalue weighted by Crippen LogP contribution is 2.46. The third kappa shape index (κ3) is 1.36. The molecule has 0 heterocycles. The predicted molar refractivity (Wildman–Crippen MR) is 54.3 cm³/mol. The highest BCUT2D eigenvalue weighted by molar-refractivity contribution is 5.37. The van der Waals surface area contributed by atoms with E-state index >= 15 is 0 Å². The highest BCUT2D eigenvalue weighted by atomic mass is 15.0. The van der Waals surface area contributed by atoms with Crippen LogP contribution in [0.3, 0.4) is 0 Å². The number of nitrogens with two attached hydrogens (primary N) is 1. The van der Waals surface area contributed by atoms with E-state index < -0.39 is 0 Å². The fraction of sp³-hybridized carbons (Fsp3) is 0.455. The number of hydrogen-bond donors (Lipinski definition) is 2. The Labute approximate surface area is 79.1 Å². The second-order valence-corrected chi connectivity index (χ2v) is 3.69. The van der Waals surface area contributed by atoms with Gasteiger partial charge < -0.3 is 11.1 Å². The Bertz CT molecular complexity index is 303. The van der Waals surface area contributed by atoms with Crippen LogP contribution in [0, 0.1) is 0 Å². The van der Waals surface area contributed by atoms with E-state index in [-0.39, 0.29) is 5.54 Å². The standard InChI is InChI=1S/C11H16N2/c1-13-11(6-7-11)10-5-3-2-4-9(10)8-12/h2-5,13H,6-8,12H2,1H3. The Hall–Kier alpha value is -0.860. The van der Waals surface area contributed by atoms with Crippen molar-refractivity contribution in [1.29, 1.82) is 0 Å². The first kappa shape index (κ1) is 8.73. The van der Waals surface area contributed by atoms with E-state index in [0.29, 0.717) is 6.54 Å². The summed E-state index contributed by atoms with van der Waals surface area (Å²) < 4.78 is 0. The topological polar surface area (TPSA) is 38.0 Å². The van der Waals surface area contributed by atoms with Crippen molar-refractivity contribution in [3.05, 3.63) is 35.4 Å². The van der Waals surface area contributed by atoms with E-state index in [1.807, 2.05) is 7.05 Å². The minimum atomic E-state index is 0.246. The van der Waals surface area contributed by atoms with Gasteiger partial charge in [0.1, 0.15) is 0 Å². The summed E-state index contributed by atoms with van der Waals surface area (Å²) >= 11 is 0. The molecule has 0 unspecified atom stereocenters. The van der Waals surface area contributed by atoms with Crippen LogP contribution in [0.25, 0.3) is 0 Å². The van der Waals surface area contributed by atoms with Gasteiger partial charge in [-0.05, 0) is 31.0 Å². The van der Waals surface area contributed by atoms with Crippen LogP contribution in [-0.2, 0) is 12.1 Å². The molecule has 2 rings (SSSR count). The van der Waals surface area contributed by atoms with E-state index in [9.17, 15) is 0 Å². The maximum Gasteiger partial charge on any atom is 0.0437 e. The Balaban J connectivity index is 2.39. The van der Waals surface area contributed by atoms with Gasteiger partial charge in [-0.3, -0.25) is 0 Å². The second-order valence-electron chi connectivity index (χ2n) is 3.69. The highest BCUT2D eigenvalue weighted by Gasteiger charge is 2.43. The quantitative estimate of drug-likeness (QED) is 0.729. The number of nitrogens with one attached hydrogen (secondary N) is 1. The summed E-state index contributed by atoms with van der Waals surface area (Å²) in [5.74, 6) is 0. The fourth-order valence-corrected chi connectivity index (χ4v) is 1.94. The molecular formula is C11H16N2. The molecule has 3 N–H and O–H groups in total. The molecule has 2 heteroatoms. The maximum atomic E-state index is 5.70. The Morgan fingerprint density at radius 2 is 2.08 bits per heavy atom. The SMILES string of the molecule is CNC1(c2ccccc2CN)CC1. The molecule has 0 saturated heterocycles. The van der Waals surface area contributed by atoms with Crippen molar-refractivity contribution in [3.8, 4) is 0 Å². The summed E-state index contributed by atoms with van der Waals surface area (Å²) in [4.78, 5) is 0. The van der Waals surface area contributed by atoms with Gasteiger partial charge in [-0.2, -0.15) is 0 Å². The zero-order valence-electron chi connectivity index (χ0n) is 8.01. The van der Waals surface area contributed by atoms with Gasteiger partial charge in [-0.15, -0.1) is 0 Å². The molecule has 1 aliphatic carbocycles. The molecule has 0 aromatic heterocycles. The van der Waals surface area contributed by atoms with Crippen LogP contribution < -0.4 is 11.1 Å². The van der Waals surface area contributed by atoms with Gasteiger partial charge in [-0.25, -0.2) is 0 Å². The van der Waals surface area contributed by atoms with Crippen LogP contribution in [-0.4, -0.2) is 7.05 Å². The first-order valence-corrected chi connectivity index (χ1v) is 4.80. The van der Waals surface area contributed by atoms with Crippen molar-refractivity contribution in [2.45, 2.75) is 24.9 Å². The van der Waals surface area contributed by atoms with Gasteiger partial charge >= 0.3 is 0 Å². The third-order valence-electron chi connectivity index (χ3n) is 2.98. The number of rotatable bonds is 3. The summed E-state index contributed by atoms with van der Waals surface area (Å²) in [6.07, 6.45) is 2.47. The van der Waals surface area contributed by atoms with Gasteiger partial charge in [-0.1, -0.05) is 24.3 Å². The molecule has 13 heavy (non-hydrogen) atoms. The molecule has 2 nitrogen and oxygen atoms in total. The number of hydrogen-bond acceptors (Lipinski definition) is 2. The van der Waals surface area contributed by atoms with Crippen LogP contribution >= 0.6 is 0 Å². The van der Waals surface area contributed by atoms with Crippen LogP contribution in [0.2, 0.25) is 0 Å². The second kappa shape index (κ2) is 3.13. The molecule has 1 aromatic rings. The van der Waals surface area contributed by atoms with E-state index in [1.54, 1.807) is 0 Å². The van der Waals surface area contributed by atoms with Crippen LogP contribution in [0.1, 0.15) is 24.0 Å². The largest absolute Gasteiger partial charge is 0.326 e. The lowest BCUT2D eigenvalue weighted by molar-refractivity contribution is 0.579. The smallest absolute Gasteiger partial charge is 0.0437 e. The monoisotopic (exact) mass is 176 g/mol. The van der Waals surface area contributed by atoms with Gasteiger partial charge in [0.25, 0.3) is 0 Å². The van der Waals surface area contributed by atoms with E-state index in [4.69, 9.17) is 5.73 Å². The summed E-state index contributed by atoms with van der Waals surface area (Å²) in [7, 11) is 2.03. The summed E-state index contributed by atoms with van der Waals surface area (Å²) in [6, 6.07) is 8.45. The van der Waals surface area contributed by atoms with E-state index in [1.165, 1.54) is 24.0 Å². The summed E-state index contributed by atoms with van der Waals surface area (Å²) in [6.45, 7) is 0.638. The van der Waals surface area contributed by atoms with Crippen molar-refractivity contribution in [2.24, 2.45) is 5.73 Å². The molecule has 0 radical (unpaired) electrons. The molecule has 1 aromatic carbocycles. The molecule has 1 fully saturated rings. The van der Waals surface area contributed by atoms with Crippen LogP contribution in [0.15, 0.2) is 24.3 Å². The molecule has 0 amide bonds. The first-order chi connectivity index (χ1) is 6.32. The number of benzene rings is 1. The van der Waals surface area contributed by atoms with Gasteiger partial charge in [0.15, 0.2) is 0 Å². The van der Waals surface area contributed by atoms with Crippen molar-refractivity contribution in [1.82, 2.24) is 5.32 Å². The zero-order chi connectivity index (χ0) is 9.31. The molecule has 70 valence electrons. The molecule has 0 bridgehead atoms. The van der Waals surface area contributed by atoms with Crippen molar-refractivity contribution in [3.63, 3.8) is 0 Å². The van der Waals surface area contributed by atoms with Crippen molar-refractivity contribution < 1.29 is 0 Å². The van der Waals surface area contributed by atoms with Gasteiger partial charge in [0.05, 0.1) is 0 Å². The Morgan fingerprint density at radius 3 is 2.62 bits per heavy atom. The lowest BCUT2D eigenvalue weighted by atomic mass is 9.98. The average molecular weight is 176 g/mol. The first-order valence-electron chi connectivity index (χ1n) is 4.80. The lowest BCUT2D eigenvalue weighted by Crippen LogP contribution is -2.26. The molecule has 0 spiro atoms. The van der Waals surface area contributed by atoms with Crippen molar-refractivity contribution >= 4 is 0 Å². The Kier molecular flexibility index (Phi) is 2.10. The maximum absolute atomic E-state index is 5.70. The van der Waals surface area contributed by atoms with Gasteiger partial charge in [0.2, 0.25) is 0 Å². The zero-order valence-corrected chi connectivity index (χ0v) is 8.01. The minimum absolute atomic E-state index is 0.246. The summed E-state index contributed by atoms with van der Waals surface area (Å²) in [5.41, 5.74) is 8.61. The predicted octanol–water partition coefficient (Wildman–Crippen LogP) is 1.35. The van der Waals surface area contributed by atoms with Crippen LogP contribution in [0.5, 0.6) is 0 Å². The third-order valence-corrected chi connectivity index (χ3v) is 2.98. The van der Waals surface area contributed by atoms with Gasteiger partial charge in [0, 0.05) is 12.1 Å². The Morgan fingerprint density at radius 1 is 1.38 bits per heavy atom. The van der Waals surface area contributed by atoms with Crippen LogP contribution in [0.4, 0.5) is 0 Å². The molecule has 1 aliphatic rings. The normalized spacial score (nSPS) is 18.6. The van der Waals surface area contributed by atoms with Crippen molar-refractivity contribution in [2.75, 3.05) is 7.05 Å². The minimum Gasteiger partial charge on any atom is -0.326 e. The molecule has 0 atom stereocenters. The average Bonchev–Trinajstić information content (AvgIpc) is 2.98. The molecule has 1 saturated carbocycles.